The molecule has 31 heavy (non-hydrogen) atoms. The van der Waals surface area contributed by atoms with Crippen molar-refractivity contribution < 1.29 is 19.1 Å². The molecule has 4 rings (SSSR count). The fourth-order valence-corrected chi connectivity index (χ4v) is 6.02. The van der Waals surface area contributed by atoms with Crippen LogP contribution in [0.15, 0.2) is 35.3 Å². The van der Waals surface area contributed by atoms with E-state index in [1.807, 2.05) is 24.4 Å². The molecule has 1 saturated heterocycles. The second-order valence-corrected chi connectivity index (χ2v) is 9.17. The van der Waals surface area contributed by atoms with Gasteiger partial charge in [0, 0.05) is 11.3 Å². The Morgan fingerprint density at radius 3 is 2.81 bits per heavy atom. The monoisotopic (exact) mass is 454 g/mol. The number of amides is 2. The van der Waals surface area contributed by atoms with E-state index in [0.717, 1.165) is 46.4 Å². The Hall–Kier alpha value is -3.16. The van der Waals surface area contributed by atoms with Crippen LogP contribution < -0.4 is 10.2 Å². The van der Waals surface area contributed by atoms with Crippen LogP contribution in [0.4, 0.5) is 10.7 Å². The number of nitrogens with zero attached hydrogens (tertiary/aromatic N) is 3. The summed E-state index contributed by atoms with van der Waals surface area (Å²) in [6.45, 7) is 0. The summed E-state index contributed by atoms with van der Waals surface area (Å²) in [6.07, 6.45) is 4.25. The molecule has 1 aromatic heterocycles. The van der Waals surface area contributed by atoms with Crippen molar-refractivity contribution in [2.24, 2.45) is 4.99 Å². The number of benzene rings is 1. The maximum Gasteiger partial charge on any atom is 0.341 e. The number of ether oxygens (including phenoxy) is 1. The van der Waals surface area contributed by atoms with Crippen molar-refractivity contribution in [2.45, 2.75) is 30.9 Å². The molecule has 1 aromatic carbocycles. The zero-order valence-corrected chi connectivity index (χ0v) is 18.2. The van der Waals surface area contributed by atoms with Gasteiger partial charge in [0.05, 0.1) is 18.4 Å². The molecule has 1 N–H and O–H groups in total. The molecule has 0 spiro atoms. The van der Waals surface area contributed by atoms with Crippen molar-refractivity contribution in [3.8, 4) is 6.19 Å². The zero-order chi connectivity index (χ0) is 22.0. The number of fused-ring (bicyclic) bond motifs is 1. The number of para-hydroxylation sites is 1. The number of methoxy groups -OCH3 is 1. The molecule has 0 saturated carbocycles. The van der Waals surface area contributed by atoms with Crippen LogP contribution in [0.5, 0.6) is 0 Å². The van der Waals surface area contributed by atoms with Crippen LogP contribution in [0.25, 0.3) is 0 Å². The van der Waals surface area contributed by atoms with Gasteiger partial charge >= 0.3 is 5.97 Å². The van der Waals surface area contributed by atoms with E-state index >= 15 is 0 Å². The number of hydrogen-bond acceptors (Lipinski definition) is 8. The summed E-state index contributed by atoms with van der Waals surface area (Å²) in [6, 6.07) is 9.00. The van der Waals surface area contributed by atoms with Crippen molar-refractivity contribution in [3.63, 3.8) is 0 Å². The van der Waals surface area contributed by atoms with Gasteiger partial charge < -0.3 is 4.74 Å². The first-order valence-corrected chi connectivity index (χ1v) is 11.3. The lowest BCUT2D eigenvalue weighted by Crippen LogP contribution is -2.32. The van der Waals surface area contributed by atoms with Gasteiger partial charge in [-0.15, -0.1) is 11.3 Å². The molecular weight excluding hydrogens is 436 g/mol. The number of thiophene rings is 1. The predicted octanol–water partition coefficient (Wildman–Crippen LogP) is 3.15. The molecule has 2 amide bonds. The molecule has 1 unspecified atom stereocenters. The van der Waals surface area contributed by atoms with Crippen LogP contribution in [0, 0.1) is 11.5 Å². The largest absolute Gasteiger partial charge is 0.465 e. The van der Waals surface area contributed by atoms with Crippen LogP contribution in [-0.4, -0.2) is 35.3 Å². The number of aliphatic imine (C=N–C) groups is 1. The lowest BCUT2D eigenvalue weighted by atomic mass is 10.1. The Bertz CT molecular complexity index is 1120. The average Bonchev–Trinajstić information content (AvgIpc) is 3.42. The predicted molar refractivity (Wildman–Crippen MR) is 118 cm³/mol. The van der Waals surface area contributed by atoms with Crippen molar-refractivity contribution in [1.82, 2.24) is 5.32 Å². The van der Waals surface area contributed by atoms with E-state index in [9.17, 15) is 14.4 Å². The molecule has 1 atom stereocenters. The molecule has 1 fully saturated rings. The van der Waals surface area contributed by atoms with Gasteiger partial charge in [-0.1, -0.05) is 30.0 Å². The molecule has 2 aromatic rings. The molecule has 0 radical (unpaired) electrons. The minimum Gasteiger partial charge on any atom is -0.465 e. The number of nitriles is 1. The van der Waals surface area contributed by atoms with Gasteiger partial charge in [0.25, 0.3) is 0 Å². The van der Waals surface area contributed by atoms with Gasteiger partial charge in [0.1, 0.15) is 10.3 Å². The number of carbonyl (C=O) groups excluding carboxylic acids is 3. The quantitative estimate of drug-likeness (QED) is 0.189. The summed E-state index contributed by atoms with van der Waals surface area (Å²) < 4.78 is 4.93. The molecule has 10 heteroatoms. The number of thioether (sulfide) groups is 1. The first kappa shape index (κ1) is 21.1. The van der Waals surface area contributed by atoms with Gasteiger partial charge in [-0.3, -0.25) is 14.9 Å². The summed E-state index contributed by atoms with van der Waals surface area (Å²) in [5, 5.41) is 11.4. The average molecular weight is 455 g/mol. The highest BCUT2D eigenvalue weighted by Crippen LogP contribution is 2.44. The molecule has 0 bridgehead atoms. The number of aryl methyl sites for hydroxylation is 1. The summed E-state index contributed by atoms with van der Waals surface area (Å²) in [5.74, 6) is -1.35. The number of amidine groups is 1. The summed E-state index contributed by atoms with van der Waals surface area (Å²) in [7, 11) is 1.29. The Morgan fingerprint density at radius 2 is 2.10 bits per heavy atom. The van der Waals surface area contributed by atoms with Gasteiger partial charge in [-0.2, -0.15) is 5.26 Å². The number of carbonyl (C=O) groups is 3. The Balaban J connectivity index is 1.62. The number of rotatable bonds is 4. The maximum absolute atomic E-state index is 13.2. The molecule has 158 valence electrons. The fourth-order valence-electron chi connectivity index (χ4n) is 3.66. The Kier molecular flexibility index (Phi) is 6.06. The standard InChI is InChI=1S/C21H18N4O4S2/c1-29-20(28)17-13-8-5-9-14(13)30-19(17)25-16(26)10-15(18(25)27)31-21(23-11-22)24-12-6-3-2-4-7-12/h2-4,6-7,15H,5,8-10H2,1H3,(H,23,24). The van der Waals surface area contributed by atoms with Gasteiger partial charge in [-0.05, 0) is 37.0 Å². The fraction of sp³-hybridized carbons (Fsp3) is 0.286. The van der Waals surface area contributed by atoms with E-state index in [2.05, 4.69) is 10.3 Å². The number of nitrogens with one attached hydrogen (secondary N) is 1. The molecule has 1 aliphatic heterocycles. The summed E-state index contributed by atoms with van der Waals surface area (Å²) >= 11 is 2.33. The van der Waals surface area contributed by atoms with Crippen LogP contribution in [0.2, 0.25) is 0 Å². The van der Waals surface area contributed by atoms with Crippen LogP contribution in [-0.2, 0) is 27.2 Å². The normalized spacial score (nSPS) is 18.1. The smallest absolute Gasteiger partial charge is 0.341 e. The SMILES string of the molecule is COC(=O)c1c(N2C(=O)CC(SC(=Nc3ccccc3)NC#N)C2=O)sc2c1CCC2. The third-order valence-electron chi connectivity index (χ3n) is 5.00. The highest BCUT2D eigenvalue weighted by molar-refractivity contribution is 8.15. The number of imide groups is 1. The van der Waals surface area contributed by atoms with Crippen LogP contribution >= 0.6 is 23.1 Å². The minimum atomic E-state index is -0.752. The molecular formula is C21H18N4O4S2. The summed E-state index contributed by atoms with van der Waals surface area (Å²) in [5.41, 5.74) is 1.81. The first-order chi connectivity index (χ1) is 15.0. The number of hydrogen-bond donors (Lipinski definition) is 1. The van der Waals surface area contributed by atoms with Crippen molar-refractivity contribution >= 4 is 56.7 Å². The third kappa shape index (κ3) is 4.06. The van der Waals surface area contributed by atoms with Gasteiger partial charge in [0.15, 0.2) is 11.4 Å². The Labute approximate surface area is 186 Å². The highest BCUT2D eigenvalue weighted by atomic mass is 32.2. The van der Waals surface area contributed by atoms with E-state index in [0.29, 0.717) is 16.3 Å². The van der Waals surface area contributed by atoms with E-state index in [-0.39, 0.29) is 17.5 Å². The van der Waals surface area contributed by atoms with E-state index in [1.54, 1.807) is 12.1 Å². The highest BCUT2D eigenvalue weighted by Gasteiger charge is 2.44. The molecule has 8 nitrogen and oxygen atoms in total. The van der Waals surface area contributed by atoms with Crippen molar-refractivity contribution in [1.29, 1.82) is 5.26 Å². The first-order valence-electron chi connectivity index (χ1n) is 9.58. The maximum atomic E-state index is 13.2. The second kappa shape index (κ2) is 8.91. The molecule has 2 heterocycles. The van der Waals surface area contributed by atoms with Gasteiger partial charge in [-0.25, -0.2) is 14.7 Å². The third-order valence-corrected chi connectivity index (χ3v) is 7.35. The molecule has 1 aliphatic carbocycles. The summed E-state index contributed by atoms with van der Waals surface area (Å²) in [4.78, 5) is 44.9. The van der Waals surface area contributed by atoms with Crippen LogP contribution in [0.3, 0.4) is 0 Å². The van der Waals surface area contributed by atoms with E-state index < -0.39 is 17.1 Å². The van der Waals surface area contributed by atoms with Crippen LogP contribution in [0.1, 0.15) is 33.6 Å². The topological polar surface area (TPSA) is 112 Å². The van der Waals surface area contributed by atoms with E-state index in [1.165, 1.54) is 18.4 Å². The van der Waals surface area contributed by atoms with Crippen molar-refractivity contribution in [3.05, 3.63) is 46.3 Å². The second-order valence-electron chi connectivity index (χ2n) is 6.90. The number of anilines is 1. The zero-order valence-electron chi connectivity index (χ0n) is 16.6. The lowest BCUT2D eigenvalue weighted by molar-refractivity contribution is -0.121. The van der Waals surface area contributed by atoms with E-state index in [4.69, 9.17) is 10.00 Å². The Morgan fingerprint density at radius 1 is 1.32 bits per heavy atom. The van der Waals surface area contributed by atoms with Gasteiger partial charge in [0.2, 0.25) is 11.8 Å². The minimum absolute atomic E-state index is 0.0480. The molecule has 2 aliphatic rings. The van der Waals surface area contributed by atoms with Crippen molar-refractivity contribution in [2.75, 3.05) is 12.0 Å². The lowest BCUT2D eigenvalue weighted by Gasteiger charge is -2.15. The number of esters is 1.